The zero-order valence-corrected chi connectivity index (χ0v) is 19.0. The third-order valence-electron chi connectivity index (χ3n) is 5.44. The molecule has 0 aliphatic carbocycles. The lowest BCUT2D eigenvalue weighted by atomic mass is 9.86. The summed E-state index contributed by atoms with van der Waals surface area (Å²) in [5, 5.41) is 4.21. The molecule has 0 aromatic heterocycles. The van der Waals surface area contributed by atoms with Gasteiger partial charge in [-0.05, 0) is 52.8 Å². The van der Waals surface area contributed by atoms with Gasteiger partial charge in [0.25, 0.3) is 0 Å². The van der Waals surface area contributed by atoms with Crippen LogP contribution in [-0.2, 0) is 11.8 Å². The maximum atomic E-state index is 13.1. The van der Waals surface area contributed by atoms with E-state index in [-0.39, 0.29) is 17.2 Å². The van der Waals surface area contributed by atoms with Gasteiger partial charge in [-0.25, -0.2) is 0 Å². The van der Waals surface area contributed by atoms with Crippen LogP contribution >= 0.6 is 11.6 Å². The molecule has 0 unspecified atom stereocenters. The molecule has 0 heterocycles. The van der Waals surface area contributed by atoms with Crippen LogP contribution in [0.3, 0.4) is 0 Å². The van der Waals surface area contributed by atoms with Crippen molar-refractivity contribution in [1.82, 2.24) is 0 Å². The number of carbonyl (C=O) groups is 1. The number of rotatable bonds is 7. The number of anilines is 1. The summed E-state index contributed by atoms with van der Waals surface area (Å²) in [6, 6.07) is 24.0. The molecule has 0 bridgehead atoms. The molecule has 3 aromatic rings. The third kappa shape index (κ3) is 5.73. The highest BCUT2D eigenvalue weighted by Crippen LogP contribution is 2.27. The SMILES string of the molecule is CCc1ccc([C@H](CC(=O)c2ccc(C(C)(C)C)cc2)Nc2ccc(Cl)cc2)cc1. The van der Waals surface area contributed by atoms with Gasteiger partial charge in [0.1, 0.15) is 0 Å². The number of benzene rings is 3. The van der Waals surface area contributed by atoms with E-state index in [1.54, 1.807) is 0 Å². The number of carbonyl (C=O) groups excluding carboxylic acids is 1. The lowest BCUT2D eigenvalue weighted by Crippen LogP contribution is -2.16. The normalized spacial score (nSPS) is 12.4. The van der Waals surface area contributed by atoms with Gasteiger partial charge in [-0.15, -0.1) is 0 Å². The highest BCUT2D eigenvalue weighted by atomic mass is 35.5. The molecule has 0 saturated carbocycles. The Labute approximate surface area is 185 Å². The van der Waals surface area contributed by atoms with Gasteiger partial charge in [0, 0.05) is 22.7 Å². The van der Waals surface area contributed by atoms with Crippen LogP contribution in [0.2, 0.25) is 5.02 Å². The van der Waals surface area contributed by atoms with E-state index in [0.717, 1.165) is 23.2 Å². The summed E-state index contributed by atoms with van der Waals surface area (Å²) in [5.41, 5.74) is 5.37. The number of halogens is 1. The lowest BCUT2D eigenvalue weighted by Gasteiger charge is -2.21. The molecule has 0 fully saturated rings. The van der Waals surface area contributed by atoms with Crippen molar-refractivity contribution in [3.63, 3.8) is 0 Å². The van der Waals surface area contributed by atoms with Crippen LogP contribution in [0.25, 0.3) is 0 Å². The smallest absolute Gasteiger partial charge is 0.165 e. The van der Waals surface area contributed by atoms with E-state index in [9.17, 15) is 4.79 Å². The second-order valence-electron chi connectivity index (χ2n) is 8.75. The monoisotopic (exact) mass is 419 g/mol. The molecule has 3 heteroatoms. The van der Waals surface area contributed by atoms with Gasteiger partial charge in [-0.1, -0.05) is 87.8 Å². The molecule has 1 N–H and O–H groups in total. The molecule has 2 nitrogen and oxygen atoms in total. The number of ketones is 1. The van der Waals surface area contributed by atoms with Crippen molar-refractivity contribution in [2.75, 3.05) is 5.32 Å². The molecule has 0 aliphatic heterocycles. The first kappa shape index (κ1) is 22.1. The zero-order valence-electron chi connectivity index (χ0n) is 18.2. The first-order valence-corrected chi connectivity index (χ1v) is 10.9. The summed E-state index contributed by atoms with van der Waals surface area (Å²) in [6.45, 7) is 8.67. The summed E-state index contributed by atoms with van der Waals surface area (Å²) >= 11 is 6.03. The fourth-order valence-corrected chi connectivity index (χ4v) is 3.57. The minimum absolute atomic E-state index is 0.0707. The molecule has 0 amide bonds. The van der Waals surface area contributed by atoms with E-state index in [1.807, 2.05) is 36.4 Å². The average molecular weight is 420 g/mol. The van der Waals surface area contributed by atoms with Crippen LogP contribution in [-0.4, -0.2) is 5.78 Å². The Bertz CT molecular complexity index is 967. The molecule has 156 valence electrons. The lowest BCUT2D eigenvalue weighted by molar-refractivity contribution is 0.0976. The molecule has 1 atom stereocenters. The Morgan fingerprint density at radius 1 is 0.900 bits per heavy atom. The van der Waals surface area contributed by atoms with Crippen LogP contribution in [0.5, 0.6) is 0 Å². The summed E-state index contributed by atoms with van der Waals surface area (Å²) in [7, 11) is 0. The van der Waals surface area contributed by atoms with Crippen molar-refractivity contribution >= 4 is 23.1 Å². The maximum absolute atomic E-state index is 13.1. The number of aryl methyl sites for hydroxylation is 1. The zero-order chi connectivity index (χ0) is 21.7. The van der Waals surface area contributed by atoms with E-state index in [1.165, 1.54) is 11.1 Å². The Hall–Kier alpha value is -2.58. The van der Waals surface area contributed by atoms with Crippen LogP contribution < -0.4 is 5.32 Å². The van der Waals surface area contributed by atoms with Gasteiger partial charge in [0.2, 0.25) is 0 Å². The van der Waals surface area contributed by atoms with Crippen molar-refractivity contribution in [3.8, 4) is 0 Å². The highest BCUT2D eigenvalue weighted by Gasteiger charge is 2.19. The molecule has 3 aromatic carbocycles. The number of hydrogen-bond donors (Lipinski definition) is 1. The predicted octanol–water partition coefficient (Wildman–Crippen LogP) is 7.63. The van der Waals surface area contributed by atoms with Crippen LogP contribution in [0.1, 0.15) is 67.2 Å². The average Bonchev–Trinajstić information content (AvgIpc) is 2.74. The fourth-order valence-electron chi connectivity index (χ4n) is 3.44. The van der Waals surface area contributed by atoms with Gasteiger partial charge in [0.05, 0.1) is 6.04 Å². The minimum Gasteiger partial charge on any atom is -0.378 e. The highest BCUT2D eigenvalue weighted by molar-refractivity contribution is 6.30. The summed E-state index contributed by atoms with van der Waals surface area (Å²) in [6.07, 6.45) is 1.37. The van der Waals surface area contributed by atoms with E-state index < -0.39 is 0 Å². The van der Waals surface area contributed by atoms with Crippen molar-refractivity contribution in [2.24, 2.45) is 0 Å². The fraction of sp³-hybridized carbons (Fsp3) is 0.296. The summed E-state index contributed by atoms with van der Waals surface area (Å²) in [4.78, 5) is 13.1. The number of nitrogens with one attached hydrogen (secondary N) is 1. The van der Waals surface area contributed by atoms with Crippen molar-refractivity contribution in [3.05, 3.63) is 100 Å². The number of Topliss-reactive ketones (excluding diaryl/α,β-unsaturated/α-hetero) is 1. The van der Waals surface area contributed by atoms with Crippen molar-refractivity contribution in [2.45, 2.75) is 52.0 Å². The quantitative estimate of drug-likeness (QED) is 0.399. The van der Waals surface area contributed by atoms with E-state index in [4.69, 9.17) is 11.6 Å². The molecule has 0 aliphatic rings. The molecular formula is C27H30ClNO. The Balaban J connectivity index is 1.83. The van der Waals surface area contributed by atoms with Crippen LogP contribution in [0, 0.1) is 0 Å². The molecule has 3 rings (SSSR count). The summed E-state index contributed by atoms with van der Waals surface area (Å²) in [5.74, 6) is 0.126. The van der Waals surface area contributed by atoms with Crippen LogP contribution in [0.15, 0.2) is 72.8 Å². The maximum Gasteiger partial charge on any atom is 0.165 e. The van der Waals surface area contributed by atoms with Gasteiger partial charge in [0.15, 0.2) is 5.78 Å². The first-order chi connectivity index (χ1) is 14.3. The molecule has 30 heavy (non-hydrogen) atoms. The van der Waals surface area contributed by atoms with Gasteiger partial charge < -0.3 is 5.32 Å². The van der Waals surface area contributed by atoms with Gasteiger partial charge in [-0.2, -0.15) is 0 Å². The Morgan fingerprint density at radius 2 is 1.50 bits per heavy atom. The Kier molecular flexibility index (Phi) is 6.99. The van der Waals surface area contributed by atoms with Gasteiger partial charge in [-0.3, -0.25) is 4.79 Å². The first-order valence-electron chi connectivity index (χ1n) is 10.5. The topological polar surface area (TPSA) is 29.1 Å². The molecule has 0 spiro atoms. The molecule has 0 saturated heterocycles. The predicted molar refractivity (Wildman–Crippen MR) is 128 cm³/mol. The second kappa shape index (κ2) is 9.49. The van der Waals surface area contributed by atoms with Crippen molar-refractivity contribution in [1.29, 1.82) is 0 Å². The number of hydrogen-bond acceptors (Lipinski definition) is 2. The van der Waals surface area contributed by atoms with Gasteiger partial charge >= 0.3 is 0 Å². The minimum atomic E-state index is -0.119. The second-order valence-corrected chi connectivity index (χ2v) is 9.19. The van der Waals surface area contributed by atoms with E-state index in [2.05, 4.69) is 69.4 Å². The van der Waals surface area contributed by atoms with E-state index >= 15 is 0 Å². The van der Waals surface area contributed by atoms with Crippen molar-refractivity contribution < 1.29 is 4.79 Å². The standard InChI is InChI=1S/C27H30ClNO/c1-5-19-6-8-20(9-7-19)25(29-24-16-14-23(28)15-17-24)18-26(30)21-10-12-22(13-11-21)27(2,3)4/h6-17,25,29H,5,18H2,1-4H3/t25-/m0/s1. The van der Waals surface area contributed by atoms with Crippen LogP contribution in [0.4, 0.5) is 5.69 Å². The molecular weight excluding hydrogens is 390 g/mol. The molecule has 0 radical (unpaired) electrons. The van der Waals surface area contributed by atoms with E-state index in [0.29, 0.717) is 11.4 Å². The Morgan fingerprint density at radius 3 is 2.03 bits per heavy atom. The third-order valence-corrected chi connectivity index (χ3v) is 5.69. The summed E-state index contributed by atoms with van der Waals surface area (Å²) < 4.78 is 0. The largest absolute Gasteiger partial charge is 0.378 e.